The summed E-state index contributed by atoms with van der Waals surface area (Å²) in [6.45, 7) is 8.74. The second-order valence-corrected chi connectivity index (χ2v) is 6.58. The molecule has 2 heterocycles. The van der Waals surface area contributed by atoms with E-state index in [1.807, 2.05) is 6.20 Å². The summed E-state index contributed by atoms with van der Waals surface area (Å²) in [4.78, 5) is 31.9. The van der Waals surface area contributed by atoms with Crippen molar-refractivity contribution >= 4 is 11.8 Å². The van der Waals surface area contributed by atoms with Crippen molar-refractivity contribution in [2.24, 2.45) is 5.92 Å². The van der Waals surface area contributed by atoms with Gasteiger partial charge in [0.05, 0.1) is 13.1 Å². The van der Waals surface area contributed by atoms with E-state index in [0.717, 1.165) is 18.9 Å². The average Bonchev–Trinajstić information content (AvgIpc) is 2.83. The fraction of sp³-hybridized carbons (Fsp3) is 0.688. The minimum Gasteiger partial charge on any atom is -0.347 e. The van der Waals surface area contributed by atoms with E-state index in [9.17, 15) is 9.59 Å². The highest BCUT2D eigenvalue weighted by atomic mass is 16.2. The van der Waals surface area contributed by atoms with Crippen LogP contribution in [0.4, 0.5) is 0 Å². The largest absolute Gasteiger partial charge is 0.347 e. The lowest BCUT2D eigenvalue weighted by atomic mass is 10.1. The normalized spacial score (nSPS) is 18.0. The zero-order valence-corrected chi connectivity index (χ0v) is 14.5. The predicted molar refractivity (Wildman–Crippen MR) is 87.6 cm³/mol. The number of fused-ring (bicyclic) bond motifs is 1. The summed E-state index contributed by atoms with van der Waals surface area (Å²) in [6, 6.07) is 0.462. The van der Waals surface area contributed by atoms with E-state index in [2.05, 4.69) is 40.7 Å². The van der Waals surface area contributed by atoms with E-state index in [4.69, 9.17) is 0 Å². The molecule has 1 atom stereocenters. The molecule has 0 radical (unpaired) electrons. The van der Waals surface area contributed by atoms with Gasteiger partial charge >= 0.3 is 0 Å². The number of nitrogens with zero attached hydrogens (tertiary/aromatic N) is 4. The van der Waals surface area contributed by atoms with Crippen LogP contribution >= 0.6 is 0 Å². The lowest BCUT2D eigenvalue weighted by Gasteiger charge is -2.29. The van der Waals surface area contributed by atoms with Gasteiger partial charge in [-0.3, -0.25) is 9.59 Å². The molecule has 23 heavy (non-hydrogen) atoms. The number of imidazole rings is 1. The van der Waals surface area contributed by atoms with Gasteiger partial charge in [0.1, 0.15) is 5.82 Å². The molecule has 0 bridgehead atoms. The van der Waals surface area contributed by atoms with Crippen LogP contribution in [-0.2, 0) is 22.7 Å². The topological polar surface area (TPSA) is 70.5 Å². The zero-order valence-electron chi connectivity index (χ0n) is 14.5. The number of hydrogen-bond acceptors (Lipinski definition) is 4. The molecule has 1 N–H and O–H groups in total. The second-order valence-electron chi connectivity index (χ2n) is 6.58. The van der Waals surface area contributed by atoms with Gasteiger partial charge in [0.15, 0.2) is 0 Å². The molecule has 2 amide bonds. The third-order valence-corrected chi connectivity index (χ3v) is 4.34. The molecular formula is C16H27N5O2. The Bertz CT molecular complexity index is 554. The highest BCUT2D eigenvalue weighted by Crippen LogP contribution is 2.17. The zero-order chi connectivity index (χ0) is 17.0. The molecule has 1 aliphatic rings. The van der Waals surface area contributed by atoms with Crippen molar-refractivity contribution in [3.05, 3.63) is 18.2 Å². The molecule has 7 nitrogen and oxygen atoms in total. The molecule has 0 aliphatic carbocycles. The molecule has 1 aliphatic heterocycles. The Morgan fingerprint density at radius 3 is 2.83 bits per heavy atom. The van der Waals surface area contributed by atoms with E-state index >= 15 is 0 Å². The van der Waals surface area contributed by atoms with Crippen LogP contribution < -0.4 is 5.32 Å². The lowest BCUT2D eigenvalue weighted by Crippen LogP contribution is -2.43. The number of rotatable bonds is 5. The van der Waals surface area contributed by atoms with Gasteiger partial charge in [-0.25, -0.2) is 4.98 Å². The van der Waals surface area contributed by atoms with Gasteiger partial charge in [-0.1, -0.05) is 0 Å². The van der Waals surface area contributed by atoms with Crippen molar-refractivity contribution < 1.29 is 9.59 Å². The number of amides is 2. The fourth-order valence-electron chi connectivity index (χ4n) is 2.78. The van der Waals surface area contributed by atoms with Crippen LogP contribution in [0.15, 0.2) is 12.4 Å². The van der Waals surface area contributed by atoms with Crippen LogP contribution in [-0.4, -0.2) is 63.9 Å². The third-order valence-electron chi connectivity index (χ3n) is 4.34. The SMILES string of the molecule is CC(=O)NCC(=O)N1Cc2nccn2C[C@@H](CN(C)C(C)C)C1. The Labute approximate surface area is 137 Å². The summed E-state index contributed by atoms with van der Waals surface area (Å²) in [5, 5.41) is 2.59. The first-order valence-corrected chi connectivity index (χ1v) is 8.09. The fourth-order valence-corrected chi connectivity index (χ4v) is 2.78. The summed E-state index contributed by atoms with van der Waals surface area (Å²) < 4.78 is 2.13. The number of carbonyl (C=O) groups excluding carboxylic acids is 2. The van der Waals surface area contributed by atoms with Gasteiger partial charge in [0, 0.05) is 50.9 Å². The Balaban J connectivity index is 2.10. The smallest absolute Gasteiger partial charge is 0.242 e. The Morgan fingerprint density at radius 2 is 2.17 bits per heavy atom. The maximum atomic E-state index is 12.4. The van der Waals surface area contributed by atoms with Crippen LogP contribution in [0.3, 0.4) is 0 Å². The van der Waals surface area contributed by atoms with E-state index in [1.54, 1.807) is 11.1 Å². The minimum atomic E-state index is -0.189. The summed E-state index contributed by atoms with van der Waals surface area (Å²) in [5.41, 5.74) is 0. The van der Waals surface area contributed by atoms with Gasteiger partial charge in [0.2, 0.25) is 11.8 Å². The van der Waals surface area contributed by atoms with Crippen molar-refractivity contribution in [1.29, 1.82) is 0 Å². The number of hydrogen-bond donors (Lipinski definition) is 1. The van der Waals surface area contributed by atoms with E-state index in [1.165, 1.54) is 6.92 Å². The molecule has 0 saturated heterocycles. The second kappa shape index (κ2) is 7.59. The first kappa shape index (κ1) is 17.5. The van der Waals surface area contributed by atoms with Crippen LogP contribution in [0.25, 0.3) is 0 Å². The molecule has 0 saturated carbocycles. The molecule has 7 heteroatoms. The monoisotopic (exact) mass is 321 g/mol. The Kier molecular flexibility index (Phi) is 5.76. The van der Waals surface area contributed by atoms with Crippen molar-refractivity contribution in [1.82, 2.24) is 24.7 Å². The summed E-state index contributed by atoms with van der Waals surface area (Å²) >= 11 is 0. The number of carbonyl (C=O) groups is 2. The molecule has 1 aromatic heterocycles. The molecule has 0 fully saturated rings. The lowest BCUT2D eigenvalue weighted by molar-refractivity contribution is -0.133. The van der Waals surface area contributed by atoms with E-state index in [0.29, 0.717) is 25.0 Å². The van der Waals surface area contributed by atoms with E-state index in [-0.39, 0.29) is 18.4 Å². The maximum Gasteiger partial charge on any atom is 0.242 e. The molecular weight excluding hydrogens is 294 g/mol. The Hall–Kier alpha value is -1.89. The molecule has 1 aromatic rings. The third kappa shape index (κ3) is 4.79. The van der Waals surface area contributed by atoms with Gasteiger partial charge < -0.3 is 19.7 Å². The van der Waals surface area contributed by atoms with Crippen LogP contribution in [0.5, 0.6) is 0 Å². The first-order valence-electron chi connectivity index (χ1n) is 8.09. The van der Waals surface area contributed by atoms with Crippen LogP contribution in [0.2, 0.25) is 0 Å². The molecule has 0 unspecified atom stereocenters. The van der Waals surface area contributed by atoms with Gasteiger partial charge in [-0.05, 0) is 20.9 Å². The molecule has 128 valence electrons. The quantitative estimate of drug-likeness (QED) is 0.848. The van der Waals surface area contributed by atoms with Crippen molar-refractivity contribution in [2.75, 3.05) is 26.7 Å². The summed E-state index contributed by atoms with van der Waals surface area (Å²) in [5.74, 6) is 0.981. The Morgan fingerprint density at radius 1 is 1.43 bits per heavy atom. The minimum absolute atomic E-state index is 0.0444. The van der Waals surface area contributed by atoms with Crippen molar-refractivity contribution in [2.45, 2.75) is 39.9 Å². The highest BCUT2D eigenvalue weighted by Gasteiger charge is 2.26. The standard InChI is InChI=1S/C16H27N5O2/c1-12(2)19(4)8-14-9-20-6-5-17-15(20)11-21(10-14)16(23)7-18-13(3)22/h5-6,12,14H,7-11H2,1-4H3,(H,18,22)/t14-/m1/s1. The number of nitrogens with one attached hydrogen (secondary N) is 1. The van der Waals surface area contributed by atoms with E-state index < -0.39 is 0 Å². The van der Waals surface area contributed by atoms with Gasteiger partial charge in [0.25, 0.3) is 0 Å². The predicted octanol–water partition coefficient (Wildman–Crippen LogP) is 0.318. The number of aromatic nitrogens is 2. The average molecular weight is 321 g/mol. The van der Waals surface area contributed by atoms with Crippen molar-refractivity contribution in [3.8, 4) is 0 Å². The summed E-state index contributed by atoms with van der Waals surface area (Å²) in [7, 11) is 2.11. The maximum absolute atomic E-state index is 12.4. The van der Waals surface area contributed by atoms with Crippen LogP contribution in [0, 0.1) is 5.92 Å². The highest BCUT2D eigenvalue weighted by molar-refractivity contribution is 5.83. The molecule has 0 aromatic carbocycles. The van der Waals surface area contributed by atoms with Gasteiger partial charge in [-0.15, -0.1) is 0 Å². The van der Waals surface area contributed by atoms with Crippen molar-refractivity contribution in [3.63, 3.8) is 0 Å². The first-order chi connectivity index (χ1) is 10.9. The van der Waals surface area contributed by atoms with Crippen LogP contribution in [0.1, 0.15) is 26.6 Å². The molecule has 0 spiro atoms. The summed E-state index contributed by atoms with van der Waals surface area (Å²) in [6.07, 6.45) is 3.75. The molecule has 2 rings (SSSR count). The van der Waals surface area contributed by atoms with Gasteiger partial charge in [-0.2, -0.15) is 0 Å².